The number of hydrogen-bond acceptors (Lipinski definition) is 6. The Bertz CT molecular complexity index is 865. The molecule has 6 nitrogen and oxygen atoms in total. The molecule has 0 aliphatic heterocycles. The Balaban J connectivity index is 1.84. The quantitative estimate of drug-likeness (QED) is 0.666. The van der Waals surface area contributed by atoms with E-state index in [2.05, 4.69) is 15.2 Å². The Labute approximate surface area is 143 Å². The largest absolute Gasteiger partial charge is 0.449 e. The van der Waals surface area contributed by atoms with Crippen molar-refractivity contribution < 1.29 is 13.9 Å². The fourth-order valence-electron chi connectivity index (χ4n) is 2.13. The molecule has 24 heavy (non-hydrogen) atoms. The molecule has 1 aromatic carbocycles. The summed E-state index contributed by atoms with van der Waals surface area (Å²) < 4.78 is 10.6. The van der Waals surface area contributed by atoms with Gasteiger partial charge < -0.3 is 9.15 Å². The molecule has 0 saturated heterocycles. The molecule has 0 N–H and O–H groups in total. The highest BCUT2D eigenvalue weighted by Crippen LogP contribution is 2.26. The highest BCUT2D eigenvalue weighted by atomic mass is 35.5. The third kappa shape index (κ3) is 3.44. The molecule has 0 unspecified atom stereocenters. The van der Waals surface area contributed by atoms with Gasteiger partial charge in [-0.15, -0.1) is 10.2 Å². The Morgan fingerprint density at radius 1 is 1.25 bits per heavy atom. The van der Waals surface area contributed by atoms with Gasteiger partial charge in [0.2, 0.25) is 5.89 Å². The lowest BCUT2D eigenvalue weighted by Gasteiger charge is -2.11. The fourth-order valence-corrected chi connectivity index (χ4v) is 2.32. The molecule has 1 atom stereocenters. The van der Waals surface area contributed by atoms with Crippen molar-refractivity contribution in [3.05, 3.63) is 65.0 Å². The number of ether oxygens (including phenoxy) is 1. The van der Waals surface area contributed by atoms with Crippen LogP contribution in [0.4, 0.5) is 0 Å². The molecular weight excluding hydrogens is 330 g/mol. The molecule has 0 spiro atoms. The normalized spacial score (nSPS) is 12.0. The monoisotopic (exact) mass is 343 g/mol. The van der Waals surface area contributed by atoms with Crippen LogP contribution >= 0.6 is 11.6 Å². The SMILES string of the molecule is Cc1nnc([C@@H](C)OC(=O)c2cc(-c3ccccn3)ccc2Cl)o1. The summed E-state index contributed by atoms with van der Waals surface area (Å²) in [6.07, 6.45) is 1.01. The van der Waals surface area contributed by atoms with Crippen LogP contribution in [0.5, 0.6) is 0 Å². The van der Waals surface area contributed by atoms with Crippen LogP contribution in [-0.2, 0) is 4.74 Å². The molecule has 0 bridgehead atoms. The minimum Gasteiger partial charge on any atom is -0.449 e. The number of benzene rings is 1. The van der Waals surface area contributed by atoms with Crippen molar-refractivity contribution in [2.75, 3.05) is 0 Å². The van der Waals surface area contributed by atoms with E-state index in [0.29, 0.717) is 10.9 Å². The second-order valence-corrected chi connectivity index (χ2v) is 5.52. The summed E-state index contributed by atoms with van der Waals surface area (Å²) in [5.41, 5.74) is 1.76. The van der Waals surface area contributed by atoms with E-state index in [-0.39, 0.29) is 11.5 Å². The van der Waals surface area contributed by atoms with Crippen molar-refractivity contribution >= 4 is 17.6 Å². The van der Waals surface area contributed by atoms with E-state index < -0.39 is 12.1 Å². The van der Waals surface area contributed by atoms with Crippen molar-refractivity contribution in [3.63, 3.8) is 0 Å². The third-order valence-electron chi connectivity index (χ3n) is 3.32. The average Bonchev–Trinajstić information content (AvgIpc) is 3.02. The molecular formula is C17H14ClN3O3. The molecule has 2 aromatic heterocycles. The van der Waals surface area contributed by atoms with Gasteiger partial charge in [0, 0.05) is 18.7 Å². The standard InChI is InChI=1S/C17H14ClN3O3/c1-10(16-21-20-11(2)24-16)23-17(22)13-9-12(6-7-14(13)18)15-5-3-4-8-19-15/h3-10H,1-2H3/t10-/m1/s1. The van der Waals surface area contributed by atoms with E-state index in [0.717, 1.165) is 11.3 Å². The molecule has 0 amide bonds. The molecule has 3 aromatic rings. The Hall–Kier alpha value is -2.73. The van der Waals surface area contributed by atoms with Crippen LogP contribution < -0.4 is 0 Å². The number of esters is 1. The number of halogens is 1. The lowest BCUT2D eigenvalue weighted by Crippen LogP contribution is -2.10. The van der Waals surface area contributed by atoms with Gasteiger partial charge in [0.05, 0.1) is 16.3 Å². The van der Waals surface area contributed by atoms with Crippen molar-refractivity contribution in [3.8, 4) is 11.3 Å². The van der Waals surface area contributed by atoms with Gasteiger partial charge in [0.25, 0.3) is 5.89 Å². The minimum atomic E-state index is -0.673. The van der Waals surface area contributed by atoms with Crippen molar-refractivity contribution in [2.24, 2.45) is 0 Å². The summed E-state index contributed by atoms with van der Waals surface area (Å²) in [6.45, 7) is 3.32. The van der Waals surface area contributed by atoms with E-state index in [4.69, 9.17) is 20.8 Å². The number of aryl methyl sites for hydroxylation is 1. The van der Waals surface area contributed by atoms with Gasteiger partial charge in [-0.1, -0.05) is 23.7 Å². The van der Waals surface area contributed by atoms with Crippen LogP contribution in [0.2, 0.25) is 5.02 Å². The Morgan fingerprint density at radius 3 is 2.75 bits per heavy atom. The van der Waals surface area contributed by atoms with E-state index in [1.807, 2.05) is 18.2 Å². The highest BCUT2D eigenvalue weighted by molar-refractivity contribution is 6.33. The molecule has 0 fully saturated rings. The summed E-state index contributed by atoms with van der Waals surface area (Å²) in [4.78, 5) is 16.7. The lowest BCUT2D eigenvalue weighted by molar-refractivity contribution is 0.0277. The summed E-state index contributed by atoms with van der Waals surface area (Å²) in [5.74, 6) is 0.0714. The third-order valence-corrected chi connectivity index (χ3v) is 3.65. The van der Waals surface area contributed by atoms with E-state index >= 15 is 0 Å². The van der Waals surface area contributed by atoms with Gasteiger partial charge in [0.15, 0.2) is 6.10 Å². The summed E-state index contributed by atoms with van der Waals surface area (Å²) >= 11 is 6.14. The summed E-state index contributed by atoms with van der Waals surface area (Å²) in [6, 6.07) is 10.6. The number of hydrogen-bond donors (Lipinski definition) is 0. The minimum absolute atomic E-state index is 0.234. The van der Waals surface area contributed by atoms with E-state index in [9.17, 15) is 4.79 Å². The zero-order valence-corrected chi connectivity index (χ0v) is 13.8. The molecule has 122 valence electrons. The van der Waals surface area contributed by atoms with E-state index in [1.165, 1.54) is 0 Å². The van der Waals surface area contributed by atoms with Crippen LogP contribution in [0, 0.1) is 6.92 Å². The van der Waals surface area contributed by atoms with Gasteiger partial charge in [-0.2, -0.15) is 0 Å². The van der Waals surface area contributed by atoms with Gasteiger partial charge >= 0.3 is 5.97 Å². The second-order valence-electron chi connectivity index (χ2n) is 5.12. The predicted molar refractivity (Wildman–Crippen MR) is 87.5 cm³/mol. The molecule has 0 aliphatic carbocycles. The van der Waals surface area contributed by atoms with Crippen LogP contribution in [0.1, 0.15) is 35.2 Å². The smallest absolute Gasteiger partial charge is 0.340 e. The lowest BCUT2D eigenvalue weighted by atomic mass is 10.1. The summed E-state index contributed by atoms with van der Waals surface area (Å²) in [7, 11) is 0. The number of aromatic nitrogens is 3. The predicted octanol–water partition coefficient (Wildman–Crippen LogP) is 4.01. The van der Waals surface area contributed by atoms with Gasteiger partial charge in [-0.05, 0) is 31.2 Å². The van der Waals surface area contributed by atoms with Crippen LogP contribution in [0.25, 0.3) is 11.3 Å². The van der Waals surface area contributed by atoms with Crippen LogP contribution in [0.3, 0.4) is 0 Å². The van der Waals surface area contributed by atoms with Gasteiger partial charge in [-0.25, -0.2) is 4.79 Å². The van der Waals surface area contributed by atoms with Gasteiger partial charge in [-0.3, -0.25) is 4.98 Å². The maximum atomic E-state index is 12.4. The topological polar surface area (TPSA) is 78.1 Å². The van der Waals surface area contributed by atoms with Crippen molar-refractivity contribution in [1.29, 1.82) is 0 Å². The van der Waals surface area contributed by atoms with Crippen LogP contribution in [-0.4, -0.2) is 21.2 Å². The molecule has 0 radical (unpaired) electrons. The molecule has 7 heteroatoms. The van der Waals surface area contributed by atoms with E-state index in [1.54, 1.807) is 38.2 Å². The average molecular weight is 344 g/mol. The molecule has 0 saturated carbocycles. The maximum absolute atomic E-state index is 12.4. The van der Waals surface area contributed by atoms with Gasteiger partial charge in [0.1, 0.15) is 0 Å². The zero-order chi connectivity index (χ0) is 17.1. The first-order valence-electron chi connectivity index (χ1n) is 7.26. The first kappa shape index (κ1) is 16.1. The van der Waals surface area contributed by atoms with Crippen molar-refractivity contribution in [2.45, 2.75) is 20.0 Å². The Morgan fingerprint density at radius 2 is 2.08 bits per heavy atom. The number of pyridine rings is 1. The maximum Gasteiger partial charge on any atom is 0.340 e. The zero-order valence-electron chi connectivity index (χ0n) is 13.1. The first-order valence-corrected chi connectivity index (χ1v) is 7.64. The molecule has 2 heterocycles. The molecule has 0 aliphatic rings. The first-order chi connectivity index (χ1) is 11.5. The van der Waals surface area contributed by atoms with Crippen LogP contribution in [0.15, 0.2) is 47.0 Å². The molecule has 3 rings (SSSR count). The van der Waals surface area contributed by atoms with Crippen molar-refractivity contribution in [1.82, 2.24) is 15.2 Å². The number of nitrogens with zero attached hydrogens (tertiary/aromatic N) is 3. The summed E-state index contributed by atoms with van der Waals surface area (Å²) in [5, 5.41) is 7.86. The number of carbonyl (C=O) groups excluding carboxylic acids is 1. The number of rotatable bonds is 4. The number of carbonyl (C=O) groups is 1. The fraction of sp³-hybridized carbons (Fsp3) is 0.176. The second kappa shape index (κ2) is 6.80. The highest BCUT2D eigenvalue weighted by Gasteiger charge is 2.21. The Kier molecular flexibility index (Phi) is 4.57.